The van der Waals surface area contributed by atoms with Gasteiger partial charge in [-0.15, -0.1) is 0 Å². The zero-order valence-corrected chi connectivity index (χ0v) is 9.04. The number of rotatable bonds is 2. The van der Waals surface area contributed by atoms with Gasteiger partial charge in [-0.1, -0.05) is 0 Å². The van der Waals surface area contributed by atoms with E-state index in [4.69, 9.17) is 16.9 Å². The molecule has 0 aromatic heterocycles. The molecule has 9 heteroatoms. The van der Waals surface area contributed by atoms with Gasteiger partial charge in [0, 0.05) is 6.07 Å². The molecule has 0 aliphatic rings. The zero-order chi connectivity index (χ0) is 14.1. The van der Waals surface area contributed by atoms with Crippen LogP contribution in [0.1, 0.15) is 21.5 Å². The van der Waals surface area contributed by atoms with Crippen molar-refractivity contribution in [3.05, 3.63) is 38.9 Å². The Labute approximate surface area is 103 Å². The molecule has 5 nitrogen and oxygen atoms in total. The number of carbonyl (C=O) groups is 1. The predicted molar refractivity (Wildman–Crippen MR) is 53.0 cm³/mol. The molecular formula is C9H2ClF3N2O3. The van der Waals surface area contributed by atoms with E-state index in [1.54, 1.807) is 0 Å². The van der Waals surface area contributed by atoms with Crippen LogP contribution >= 0.6 is 11.6 Å². The molecule has 0 spiro atoms. The fraction of sp³-hybridized carbons (Fsp3) is 0.111. The number of nitrogens with zero attached hydrogens (tertiary/aromatic N) is 2. The van der Waals surface area contributed by atoms with Gasteiger partial charge < -0.3 is 0 Å². The van der Waals surface area contributed by atoms with E-state index in [9.17, 15) is 28.1 Å². The van der Waals surface area contributed by atoms with E-state index >= 15 is 0 Å². The van der Waals surface area contributed by atoms with E-state index < -0.39 is 38.7 Å². The van der Waals surface area contributed by atoms with Crippen LogP contribution in [0.4, 0.5) is 18.9 Å². The highest BCUT2D eigenvalue weighted by Crippen LogP contribution is 2.37. The Morgan fingerprint density at radius 2 is 2.00 bits per heavy atom. The van der Waals surface area contributed by atoms with E-state index in [0.29, 0.717) is 6.07 Å². The summed E-state index contributed by atoms with van der Waals surface area (Å²) < 4.78 is 37.6. The molecule has 0 fully saturated rings. The van der Waals surface area contributed by atoms with Gasteiger partial charge in [0.05, 0.1) is 22.1 Å². The third-order valence-corrected chi connectivity index (χ3v) is 2.17. The molecule has 0 bridgehead atoms. The summed E-state index contributed by atoms with van der Waals surface area (Å²) in [6, 6.07) is 1.90. The number of hydrogen-bond donors (Lipinski definition) is 0. The molecule has 0 radical (unpaired) electrons. The van der Waals surface area contributed by atoms with Gasteiger partial charge in [-0.05, 0) is 17.7 Å². The van der Waals surface area contributed by atoms with E-state index in [1.165, 1.54) is 6.07 Å². The lowest BCUT2D eigenvalue weighted by Gasteiger charge is -2.09. The van der Waals surface area contributed by atoms with Gasteiger partial charge in [-0.3, -0.25) is 14.9 Å². The first-order valence-electron chi connectivity index (χ1n) is 4.18. The number of carbonyl (C=O) groups excluding carboxylic acids is 1. The first-order valence-corrected chi connectivity index (χ1v) is 4.56. The summed E-state index contributed by atoms with van der Waals surface area (Å²) in [5.41, 5.74) is -4.25. The van der Waals surface area contributed by atoms with Crippen LogP contribution in [-0.4, -0.2) is 10.2 Å². The van der Waals surface area contributed by atoms with Gasteiger partial charge in [0.1, 0.15) is 5.56 Å². The fourth-order valence-electron chi connectivity index (χ4n) is 1.22. The van der Waals surface area contributed by atoms with Gasteiger partial charge in [0.2, 0.25) is 0 Å². The number of hydrogen-bond acceptors (Lipinski definition) is 4. The van der Waals surface area contributed by atoms with Crippen LogP contribution < -0.4 is 0 Å². The average Bonchev–Trinajstić information content (AvgIpc) is 2.25. The van der Waals surface area contributed by atoms with Crippen molar-refractivity contribution >= 4 is 22.5 Å². The quantitative estimate of drug-likeness (QED) is 0.473. The third-order valence-electron chi connectivity index (χ3n) is 1.97. The summed E-state index contributed by atoms with van der Waals surface area (Å²) in [6.07, 6.45) is -5.01. The van der Waals surface area contributed by atoms with Crippen LogP contribution in [0.3, 0.4) is 0 Å². The lowest BCUT2D eigenvalue weighted by molar-refractivity contribution is -0.388. The van der Waals surface area contributed by atoms with Gasteiger partial charge in [-0.2, -0.15) is 18.4 Å². The smallest absolute Gasteiger partial charge is 0.276 e. The van der Waals surface area contributed by atoms with Gasteiger partial charge in [0.15, 0.2) is 0 Å². The molecule has 0 saturated carbocycles. The monoisotopic (exact) mass is 278 g/mol. The molecule has 0 atom stereocenters. The Morgan fingerprint density at radius 3 is 2.33 bits per heavy atom. The number of nitro benzene ring substituents is 1. The van der Waals surface area contributed by atoms with Crippen LogP contribution in [0.2, 0.25) is 0 Å². The van der Waals surface area contributed by atoms with Crippen LogP contribution in [-0.2, 0) is 6.18 Å². The lowest BCUT2D eigenvalue weighted by atomic mass is 10.0. The minimum absolute atomic E-state index is 0.230. The maximum absolute atomic E-state index is 12.5. The molecule has 0 unspecified atom stereocenters. The molecule has 18 heavy (non-hydrogen) atoms. The second-order valence-corrected chi connectivity index (χ2v) is 3.40. The number of nitriles is 1. The number of benzene rings is 1. The molecule has 0 aliphatic carbocycles. The Bertz CT molecular complexity index is 578. The molecule has 0 saturated heterocycles. The Hall–Kier alpha value is -2.14. The Balaban J connectivity index is 3.70. The SMILES string of the molecule is N#Cc1cc(C(F)(F)F)c([N+](=O)[O-])cc1C(=O)Cl. The average molecular weight is 279 g/mol. The van der Waals surface area contributed by atoms with E-state index in [1.807, 2.05) is 0 Å². The highest BCUT2D eigenvalue weighted by atomic mass is 35.5. The molecule has 0 aliphatic heterocycles. The van der Waals surface area contributed by atoms with Crippen molar-refractivity contribution in [3.63, 3.8) is 0 Å². The molecule has 1 rings (SSSR count). The summed E-state index contributed by atoms with van der Waals surface area (Å²) >= 11 is 5.04. The Kier molecular flexibility index (Phi) is 3.57. The largest absolute Gasteiger partial charge is 0.423 e. The number of alkyl halides is 3. The van der Waals surface area contributed by atoms with Gasteiger partial charge >= 0.3 is 6.18 Å². The summed E-state index contributed by atoms with van der Waals surface area (Å²) in [6.45, 7) is 0. The van der Waals surface area contributed by atoms with Crippen molar-refractivity contribution in [2.45, 2.75) is 6.18 Å². The van der Waals surface area contributed by atoms with Crippen molar-refractivity contribution in [2.75, 3.05) is 0 Å². The molecule has 0 amide bonds. The van der Waals surface area contributed by atoms with E-state index in [0.717, 1.165) is 0 Å². The summed E-state index contributed by atoms with van der Waals surface area (Å²) in [7, 11) is 0. The minimum Gasteiger partial charge on any atom is -0.276 e. The fourth-order valence-corrected chi connectivity index (χ4v) is 1.38. The summed E-state index contributed by atoms with van der Waals surface area (Å²) in [5, 5.41) is 17.9. The minimum atomic E-state index is -5.01. The van der Waals surface area contributed by atoms with Crippen LogP contribution in [0, 0.1) is 21.4 Å². The number of halogens is 4. The summed E-state index contributed by atoms with van der Waals surface area (Å²) in [4.78, 5) is 20.1. The zero-order valence-electron chi connectivity index (χ0n) is 8.29. The normalized spacial score (nSPS) is 10.8. The van der Waals surface area contributed by atoms with Crippen molar-refractivity contribution < 1.29 is 22.9 Å². The van der Waals surface area contributed by atoms with Crippen LogP contribution in [0.5, 0.6) is 0 Å². The maximum Gasteiger partial charge on any atom is 0.423 e. The predicted octanol–water partition coefficient (Wildman–Crippen LogP) is 2.86. The van der Waals surface area contributed by atoms with E-state index in [-0.39, 0.29) is 6.07 Å². The second-order valence-electron chi connectivity index (χ2n) is 3.06. The third kappa shape index (κ3) is 2.57. The van der Waals surface area contributed by atoms with E-state index in [2.05, 4.69) is 0 Å². The second kappa shape index (κ2) is 4.62. The van der Waals surface area contributed by atoms with Crippen LogP contribution in [0.15, 0.2) is 12.1 Å². The van der Waals surface area contributed by atoms with Gasteiger partial charge in [-0.25, -0.2) is 0 Å². The molecule has 0 N–H and O–H groups in total. The van der Waals surface area contributed by atoms with Gasteiger partial charge in [0.25, 0.3) is 10.9 Å². The van der Waals surface area contributed by atoms with Crippen LogP contribution in [0.25, 0.3) is 0 Å². The van der Waals surface area contributed by atoms with Crippen molar-refractivity contribution in [3.8, 4) is 6.07 Å². The standard InChI is InChI=1S/C9H2ClF3N2O3/c10-8(16)5-2-7(15(17)18)6(9(11,12)13)1-4(5)3-14/h1-2H. The highest BCUT2D eigenvalue weighted by molar-refractivity contribution is 6.68. The van der Waals surface area contributed by atoms with Crippen molar-refractivity contribution in [1.29, 1.82) is 5.26 Å². The van der Waals surface area contributed by atoms with Crippen molar-refractivity contribution in [2.24, 2.45) is 0 Å². The number of nitro groups is 1. The molecular weight excluding hydrogens is 277 g/mol. The molecule has 1 aromatic rings. The Morgan fingerprint density at radius 1 is 1.44 bits per heavy atom. The summed E-state index contributed by atoms with van der Waals surface area (Å²) in [5.74, 6) is 0. The highest BCUT2D eigenvalue weighted by Gasteiger charge is 2.39. The molecule has 94 valence electrons. The lowest BCUT2D eigenvalue weighted by Crippen LogP contribution is -2.11. The maximum atomic E-state index is 12.5. The first-order chi connectivity index (χ1) is 8.18. The molecule has 1 aromatic carbocycles. The molecule has 0 heterocycles. The first kappa shape index (κ1) is 13.9. The topological polar surface area (TPSA) is 84.0 Å². The van der Waals surface area contributed by atoms with Crippen molar-refractivity contribution in [1.82, 2.24) is 0 Å².